The summed E-state index contributed by atoms with van der Waals surface area (Å²) in [6, 6.07) is 9.40. The third-order valence-corrected chi connectivity index (χ3v) is 7.02. The van der Waals surface area contributed by atoms with Crippen molar-refractivity contribution in [2.24, 2.45) is 5.92 Å². The van der Waals surface area contributed by atoms with Crippen molar-refractivity contribution in [1.82, 2.24) is 15.1 Å². The van der Waals surface area contributed by atoms with E-state index < -0.39 is 0 Å². The number of methoxy groups -OCH3 is 1. The molecule has 2 N–H and O–H groups in total. The lowest BCUT2D eigenvalue weighted by Crippen LogP contribution is -2.30. The third kappa shape index (κ3) is 5.31. The average Bonchev–Trinajstić information content (AvgIpc) is 3.40. The van der Waals surface area contributed by atoms with Crippen LogP contribution in [0.25, 0.3) is 11.3 Å². The normalized spacial score (nSPS) is 14.9. The molecule has 2 aromatic carbocycles. The van der Waals surface area contributed by atoms with E-state index in [0.29, 0.717) is 47.5 Å². The first-order valence-electron chi connectivity index (χ1n) is 13.3. The highest BCUT2D eigenvalue weighted by Gasteiger charge is 2.42. The Morgan fingerprint density at radius 2 is 1.92 bits per heavy atom. The van der Waals surface area contributed by atoms with Gasteiger partial charge in [0.1, 0.15) is 17.1 Å². The second-order valence-corrected chi connectivity index (χ2v) is 10.4. The maximum Gasteiger partial charge on any atom is 0.273 e. The van der Waals surface area contributed by atoms with Crippen molar-refractivity contribution >= 4 is 5.91 Å². The Kier molecular flexibility index (Phi) is 8.10. The largest absolute Gasteiger partial charge is 0.507 e. The maximum absolute atomic E-state index is 13.6. The summed E-state index contributed by atoms with van der Waals surface area (Å²) in [5, 5.41) is 18.5. The second-order valence-electron chi connectivity index (χ2n) is 10.4. The van der Waals surface area contributed by atoms with E-state index in [0.717, 1.165) is 47.9 Å². The number of hydrogen-bond donors (Lipinski definition) is 2. The first kappa shape index (κ1) is 26.6. The zero-order valence-corrected chi connectivity index (χ0v) is 22.9. The molecule has 1 aliphatic rings. The molecule has 1 aromatic heterocycles. The number of hydrogen-bond acceptors (Lipinski definition) is 5. The molecule has 0 fully saturated rings. The molecule has 4 rings (SSSR count). The number of carbonyl (C=O) groups excluding carboxylic acids is 1. The van der Waals surface area contributed by atoms with Crippen molar-refractivity contribution in [3.63, 3.8) is 0 Å². The van der Waals surface area contributed by atoms with Gasteiger partial charge >= 0.3 is 0 Å². The maximum atomic E-state index is 13.6. The van der Waals surface area contributed by atoms with Gasteiger partial charge in [0.15, 0.2) is 11.5 Å². The lowest BCUT2D eigenvalue weighted by molar-refractivity contribution is 0.0740. The number of phenolic OH excluding ortho intramolecular Hbond substituents is 1. The summed E-state index contributed by atoms with van der Waals surface area (Å²) in [5.41, 5.74) is 5.21. The Morgan fingerprint density at radius 1 is 1.14 bits per heavy atom. The predicted octanol–water partition coefficient (Wildman–Crippen LogP) is 6.57. The van der Waals surface area contributed by atoms with Gasteiger partial charge in [-0.1, -0.05) is 45.7 Å². The molecule has 0 saturated heterocycles. The molecule has 198 valence electrons. The second kappa shape index (κ2) is 11.3. The number of unbranched alkanes of at least 4 members (excludes halogenated alkanes) is 2. The van der Waals surface area contributed by atoms with E-state index in [4.69, 9.17) is 9.47 Å². The number of aromatic hydroxyl groups is 1. The molecule has 2 heterocycles. The van der Waals surface area contributed by atoms with Gasteiger partial charge in [0.05, 0.1) is 19.8 Å². The zero-order valence-electron chi connectivity index (χ0n) is 22.9. The van der Waals surface area contributed by atoms with E-state index in [1.54, 1.807) is 7.11 Å². The fourth-order valence-corrected chi connectivity index (χ4v) is 5.03. The number of benzene rings is 2. The summed E-state index contributed by atoms with van der Waals surface area (Å²) in [6.07, 6.45) is 3.97. The highest BCUT2D eigenvalue weighted by atomic mass is 16.5. The molecule has 7 heteroatoms. The Labute approximate surface area is 219 Å². The minimum Gasteiger partial charge on any atom is -0.507 e. The highest BCUT2D eigenvalue weighted by Crippen LogP contribution is 2.46. The Morgan fingerprint density at radius 3 is 2.62 bits per heavy atom. The number of H-pyrrole nitrogens is 1. The van der Waals surface area contributed by atoms with E-state index in [2.05, 4.69) is 31.0 Å². The van der Waals surface area contributed by atoms with E-state index in [9.17, 15) is 9.90 Å². The lowest BCUT2D eigenvalue weighted by Gasteiger charge is -2.27. The number of aromatic amines is 1. The summed E-state index contributed by atoms with van der Waals surface area (Å²) in [7, 11) is 1.63. The summed E-state index contributed by atoms with van der Waals surface area (Å²) in [4.78, 5) is 15.5. The van der Waals surface area contributed by atoms with Crippen molar-refractivity contribution in [2.75, 3.05) is 20.3 Å². The number of phenols is 1. The van der Waals surface area contributed by atoms with Gasteiger partial charge in [-0.05, 0) is 67.5 Å². The van der Waals surface area contributed by atoms with Crippen molar-refractivity contribution in [3.05, 3.63) is 58.3 Å². The van der Waals surface area contributed by atoms with Crippen LogP contribution in [0.15, 0.2) is 30.3 Å². The van der Waals surface area contributed by atoms with Gasteiger partial charge in [0, 0.05) is 17.7 Å². The molecule has 0 spiro atoms. The number of aryl methyl sites for hydroxylation is 2. The van der Waals surface area contributed by atoms with Crippen LogP contribution in [-0.4, -0.2) is 46.4 Å². The average molecular weight is 506 g/mol. The smallest absolute Gasteiger partial charge is 0.273 e. The predicted molar refractivity (Wildman–Crippen MR) is 146 cm³/mol. The van der Waals surface area contributed by atoms with Crippen LogP contribution < -0.4 is 9.47 Å². The first-order valence-corrected chi connectivity index (χ1v) is 13.3. The van der Waals surface area contributed by atoms with E-state index in [1.165, 1.54) is 0 Å². The van der Waals surface area contributed by atoms with Crippen LogP contribution in [0.4, 0.5) is 0 Å². The molecule has 37 heavy (non-hydrogen) atoms. The summed E-state index contributed by atoms with van der Waals surface area (Å²) >= 11 is 0. The van der Waals surface area contributed by atoms with E-state index in [-0.39, 0.29) is 17.7 Å². The summed E-state index contributed by atoms with van der Waals surface area (Å²) in [6.45, 7) is 11.6. The molecule has 0 radical (unpaired) electrons. The number of amides is 1. The monoisotopic (exact) mass is 505 g/mol. The summed E-state index contributed by atoms with van der Waals surface area (Å²) in [5.74, 6) is 1.98. The molecule has 3 aromatic rings. The van der Waals surface area contributed by atoms with Crippen LogP contribution in [0.2, 0.25) is 0 Å². The molecular formula is C30H39N3O4. The van der Waals surface area contributed by atoms with Crippen LogP contribution in [0.3, 0.4) is 0 Å². The molecule has 1 atom stereocenters. The van der Waals surface area contributed by atoms with Gasteiger partial charge in [0.2, 0.25) is 0 Å². The minimum absolute atomic E-state index is 0.0741. The topological polar surface area (TPSA) is 87.7 Å². The van der Waals surface area contributed by atoms with Gasteiger partial charge < -0.3 is 19.5 Å². The Hall–Kier alpha value is -3.48. The standard InChI is InChI=1S/C30H39N3O4/c1-7-8-9-13-33-28(21-10-11-23(24(17-21)36-6)37-14-12-18(2)3)25-26(31-32-27(25)30(33)35)22-16-19(4)15-20(5)29(22)34/h10-11,15-18,28,34H,7-9,12-14H2,1-6H3,(H,31,32). The summed E-state index contributed by atoms with van der Waals surface area (Å²) < 4.78 is 11.7. The van der Waals surface area contributed by atoms with Crippen molar-refractivity contribution in [1.29, 1.82) is 0 Å². The molecule has 1 amide bonds. The van der Waals surface area contributed by atoms with Crippen LogP contribution >= 0.6 is 0 Å². The van der Waals surface area contributed by atoms with Gasteiger partial charge in [-0.15, -0.1) is 0 Å². The Bertz CT molecular complexity index is 1260. The third-order valence-electron chi connectivity index (χ3n) is 7.02. The van der Waals surface area contributed by atoms with Crippen LogP contribution in [0.5, 0.6) is 17.2 Å². The fourth-order valence-electron chi connectivity index (χ4n) is 5.03. The molecular weight excluding hydrogens is 466 g/mol. The van der Waals surface area contributed by atoms with Gasteiger partial charge in [0.25, 0.3) is 5.91 Å². The number of aromatic nitrogens is 2. The SMILES string of the molecule is CCCCCN1C(=O)c2[nH]nc(-c3cc(C)cc(C)c3O)c2C1c1ccc(OCCC(C)C)c(OC)c1. The number of rotatable bonds is 11. The van der Waals surface area contributed by atoms with Gasteiger partial charge in [-0.2, -0.15) is 5.10 Å². The zero-order chi connectivity index (χ0) is 26.7. The lowest BCUT2D eigenvalue weighted by atomic mass is 9.93. The number of nitrogens with zero attached hydrogens (tertiary/aromatic N) is 2. The van der Waals surface area contributed by atoms with E-state index in [1.807, 2.05) is 49.1 Å². The molecule has 0 aliphatic carbocycles. The highest BCUT2D eigenvalue weighted by molar-refractivity contribution is 6.00. The minimum atomic E-state index is -0.355. The Balaban J connectivity index is 1.80. The fraction of sp³-hybridized carbons (Fsp3) is 0.467. The van der Waals surface area contributed by atoms with Crippen molar-refractivity contribution in [3.8, 4) is 28.5 Å². The van der Waals surface area contributed by atoms with Crippen LogP contribution in [0, 0.1) is 19.8 Å². The van der Waals surface area contributed by atoms with Gasteiger partial charge in [-0.3, -0.25) is 9.89 Å². The number of carbonyl (C=O) groups is 1. The number of fused-ring (bicyclic) bond motifs is 1. The van der Waals surface area contributed by atoms with Gasteiger partial charge in [-0.25, -0.2) is 0 Å². The first-order chi connectivity index (χ1) is 17.8. The van der Waals surface area contributed by atoms with Crippen molar-refractivity contribution in [2.45, 2.75) is 66.3 Å². The molecule has 0 bridgehead atoms. The molecule has 7 nitrogen and oxygen atoms in total. The van der Waals surface area contributed by atoms with Crippen LogP contribution in [-0.2, 0) is 0 Å². The van der Waals surface area contributed by atoms with Crippen molar-refractivity contribution < 1.29 is 19.4 Å². The quantitative estimate of drug-likeness (QED) is 0.288. The molecule has 1 unspecified atom stereocenters. The molecule has 1 aliphatic heterocycles. The number of nitrogens with one attached hydrogen (secondary N) is 1. The van der Waals surface area contributed by atoms with Crippen LogP contribution in [0.1, 0.15) is 85.2 Å². The molecule has 0 saturated carbocycles. The van der Waals surface area contributed by atoms with E-state index >= 15 is 0 Å². The number of ether oxygens (including phenoxy) is 2.